The Balaban J connectivity index is 1.91. The minimum atomic E-state index is -0.116. The van der Waals surface area contributed by atoms with Crippen molar-refractivity contribution in [2.24, 2.45) is 0 Å². The summed E-state index contributed by atoms with van der Waals surface area (Å²) >= 11 is 0. The van der Waals surface area contributed by atoms with Gasteiger partial charge in [0.25, 0.3) is 0 Å². The molecule has 0 radical (unpaired) electrons. The van der Waals surface area contributed by atoms with Crippen molar-refractivity contribution >= 4 is 5.69 Å². The van der Waals surface area contributed by atoms with Crippen LogP contribution in [0.2, 0.25) is 0 Å². The van der Waals surface area contributed by atoms with Crippen LogP contribution in [-0.2, 0) is 6.42 Å². The van der Waals surface area contributed by atoms with Crippen LogP contribution in [0.5, 0.6) is 11.5 Å². The summed E-state index contributed by atoms with van der Waals surface area (Å²) in [5.41, 5.74) is 2.70. The molecule has 110 valence electrons. The predicted molar refractivity (Wildman–Crippen MR) is 80.6 cm³/mol. The molecule has 2 aromatic rings. The fraction of sp³-hybridized carbons (Fsp3) is 0.294. The van der Waals surface area contributed by atoms with Crippen molar-refractivity contribution in [1.82, 2.24) is 0 Å². The largest absolute Gasteiger partial charge is 0.497 e. The van der Waals surface area contributed by atoms with E-state index in [1.54, 1.807) is 20.3 Å². The zero-order valence-corrected chi connectivity index (χ0v) is 12.2. The minimum absolute atomic E-state index is 0.0942. The normalized spacial score (nSPS) is 16.4. The quantitative estimate of drug-likeness (QED) is 0.924. The lowest BCUT2D eigenvalue weighted by Gasteiger charge is -2.18. The molecule has 0 saturated carbocycles. The lowest BCUT2D eigenvalue weighted by Crippen LogP contribution is -2.08. The van der Waals surface area contributed by atoms with E-state index in [1.165, 1.54) is 6.07 Å². The van der Waals surface area contributed by atoms with Crippen LogP contribution in [0.25, 0.3) is 0 Å². The number of hydrogen-bond donors (Lipinski definition) is 1. The molecule has 1 aliphatic rings. The second-order valence-electron chi connectivity index (χ2n) is 5.11. The monoisotopic (exact) mass is 287 g/mol. The first-order chi connectivity index (χ1) is 10.2. The van der Waals surface area contributed by atoms with Gasteiger partial charge < -0.3 is 14.8 Å². The number of ether oxygens (including phenoxy) is 2. The Kier molecular flexibility index (Phi) is 3.69. The molecule has 0 amide bonds. The summed E-state index contributed by atoms with van der Waals surface area (Å²) in [7, 11) is 3.26. The first kappa shape index (κ1) is 13.7. The summed E-state index contributed by atoms with van der Waals surface area (Å²) in [4.78, 5) is 0. The van der Waals surface area contributed by atoms with Gasteiger partial charge in [-0.05, 0) is 42.2 Å². The highest BCUT2D eigenvalue weighted by Gasteiger charge is 2.25. The van der Waals surface area contributed by atoms with Gasteiger partial charge in [0.1, 0.15) is 17.3 Å². The van der Waals surface area contributed by atoms with E-state index in [0.717, 1.165) is 41.2 Å². The molecule has 4 heteroatoms. The van der Waals surface area contributed by atoms with E-state index in [2.05, 4.69) is 5.32 Å². The lowest BCUT2D eigenvalue weighted by molar-refractivity contribution is 0.404. The Hall–Kier alpha value is -2.23. The van der Waals surface area contributed by atoms with Crippen molar-refractivity contribution in [1.29, 1.82) is 0 Å². The molecular weight excluding hydrogens is 269 g/mol. The van der Waals surface area contributed by atoms with Crippen LogP contribution in [0.15, 0.2) is 36.4 Å². The number of rotatable bonds is 4. The van der Waals surface area contributed by atoms with Gasteiger partial charge in [0.2, 0.25) is 0 Å². The van der Waals surface area contributed by atoms with Crippen molar-refractivity contribution in [2.45, 2.75) is 18.9 Å². The lowest BCUT2D eigenvalue weighted by atomic mass is 10.1. The van der Waals surface area contributed by atoms with Gasteiger partial charge in [-0.3, -0.25) is 0 Å². The maximum Gasteiger partial charge on any atom is 0.142 e. The fourth-order valence-corrected chi connectivity index (χ4v) is 2.87. The van der Waals surface area contributed by atoms with Crippen LogP contribution in [-0.4, -0.2) is 14.2 Å². The number of hydrogen-bond acceptors (Lipinski definition) is 3. The molecule has 0 aromatic heterocycles. The molecule has 0 fully saturated rings. The third kappa shape index (κ3) is 2.53. The average molecular weight is 287 g/mol. The number of anilines is 1. The van der Waals surface area contributed by atoms with E-state index in [1.807, 2.05) is 24.3 Å². The van der Waals surface area contributed by atoms with E-state index in [0.29, 0.717) is 0 Å². The van der Waals surface area contributed by atoms with Crippen LogP contribution in [0, 0.1) is 5.82 Å². The smallest absolute Gasteiger partial charge is 0.142 e. The second-order valence-corrected chi connectivity index (χ2v) is 5.11. The van der Waals surface area contributed by atoms with Gasteiger partial charge in [0.15, 0.2) is 0 Å². The van der Waals surface area contributed by atoms with Gasteiger partial charge in [-0.2, -0.15) is 0 Å². The fourth-order valence-electron chi connectivity index (χ4n) is 2.87. The van der Waals surface area contributed by atoms with Crippen LogP contribution in [0.1, 0.15) is 23.6 Å². The number of halogens is 1. The van der Waals surface area contributed by atoms with Crippen molar-refractivity contribution in [2.75, 3.05) is 19.5 Å². The molecule has 1 N–H and O–H groups in total. The van der Waals surface area contributed by atoms with Crippen LogP contribution < -0.4 is 14.8 Å². The number of fused-ring (bicyclic) bond motifs is 1. The SMILES string of the molecule is COc1ccc(OC)c(NC2CCc3c(F)cccc32)c1. The van der Waals surface area contributed by atoms with E-state index in [-0.39, 0.29) is 11.9 Å². The highest BCUT2D eigenvalue weighted by molar-refractivity contribution is 5.61. The molecule has 1 unspecified atom stereocenters. The van der Waals surface area contributed by atoms with E-state index in [9.17, 15) is 4.39 Å². The number of nitrogens with one attached hydrogen (secondary N) is 1. The Morgan fingerprint density at radius 1 is 1.14 bits per heavy atom. The summed E-state index contributed by atoms with van der Waals surface area (Å²) in [5, 5.41) is 3.45. The van der Waals surface area contributed by atoms with Gasteiger partial charge in [-0.1, -0.05) is 12.1 Å². The van der Waals surface area contributed by atoms with Crippen LogP contribution in [0.3, 0.4) is 0 Å². The Morgan fingerprint density at radius 2 is 2.00 bits per heavy atom. The zero-order chi connectivity index (χ0) is 14.8. The second kappa shape index (κ2) is 5.64. The first-order valence-electron chi connectivity index (χ1n) is 6.98. The van der Waals surface area contributed by atoms with Crippen molar-refractivity contribution in [3.8, 4) is 11.5 Å². The molecule has 0 aliphatic heterocycles. The van der Waals surface area contributed by atoms with E-state index < -0.39 is 0 Å². The third-order valence-corrected chi connectivity index (χ3v) is 3.95. The molecule has 3 rings (SSSR count). The van der Waals surface area contributed by atoms with Crippen LogP contribution in [0.4, 0.5) is 10.1 Å². The summed E-state index contributed by atoms with van der Waals surface area (Å²) in [6, 6.07) is 11.0. The average Bonchev–Trinajstić information content (AvgIpc) is 2.92. The molecule has 0 saturated heterocycles. The zero-order valence-electron chi connectivity index (χ0n) is 12.2. The van der Waals surface area contributed by atoms with Gasteiger partial charge in [-0.25, -0.2) is 4.39 Å². The molecule has 21 heavy (non-hydrogen) atoms. The molecule has 3 nitrogen and oxygen atoms in total. The molecule has 0 spiro atoms. The van der Waals surface area contributed by atoms with E-state index >= 15 is 0 Å². The summed E-state index contributed by atoms with van der Waals surface area (Å²) in [6.45, 7) is 0. The Labute approximate surface area is 123 Å². The molecule has 1 atom stereocenters. The van der Waals surface area contributed by atoms with E-state index in [4.69, 9.17) is 9.47 Å². The van der Waals surface area contributed by atoms with Crippen molar-refractivity contribution < 1.29 is 13.9 Å². The van der Waals surface area contributed by atoms with Gasteiger partial charge in [-0.15, -0.1) is 0 Å². The highest BCUT2D eigenvalue weighted by Crippen LogP contribution is 2.38. The highest BCUT2D eigenvalue weighted by atomic mass is 19.1. The summed E-state index contributed by atoms with van der Waals surface area (Å²) in [6.07, 6.45) is 1.63. The van der Waals surface area contributed by atoms with Gasteiger partial charge in [0, 0.05) is 6.07 Å². The summed E-state index contributed by atoms with van der Waals surface area (Å²) in [5.74, 6) is 1.39. The van der Waals surface area contributed by atoms with Crippen LogP contribution >= 0.6 is 0 Å². The standard InChI is InChI=1S/C17H18FNO2/c1-20-11-6-9-17(21-2)16(10-11)19-15-8-7-12-13(15)4-3-5-14(12)18/h3-6,9-10,15,19H,7-8H2,1-2H3. The van der Waals surface area contributed by atoms with Gasteiger partial charge in [0.05, 0.1) is 25.9 Å². The number of methoxy groups -OCH3 is 2. The van der Waals surface area contributed by atoms with Crippen molar-refractivity contribution in [3.05, 3.63) is 53.3 Å². The molecule has 2 aromatic carbocycles. The maximum absolute atomic E-state index is 13.8. The van der Waals surface area contributed by atoms with Crippen molar-refractivity contribution in [3.63, 3.8) is 0 Å². The predicted octanol–water partition coefficient (Wildman–Crippen LogP) is 3.94. The number of benzene rings is 2. The molecule has 0 bridgehead atoms. The first-order valence-corrected chi connectivity index (χ1v) is 6.98. The Morgan fingerprint density at radius 3 is 2.76 bits per heavy atom. The minimum Gasteiger partial charge on any atom is -0.497 e. The topological polar surface area (TPSA) is 30.5 Å². The van der Waals surface area contributed by atoms with Gasteiger partial charge >= 0.3 is 0 Å². The Bertz CT molecular complexity index is 657. The summed E-state index contributed by atoms with van der Waals surface area (Å²) < 4.78 is 24.4. The maximum atomic E-state index is 13.8. The molecular formula is C17H18FNO2. The molecule has 1 aliphatic carbocycles. The molecule has 0 heterocycles. The third-order valence-electron chi connectivity index (χ3n) is 3.95.